The zero-order chi connectivity index (χ0) is 41.0. The summed E-state index contributed by atoms with van der Waals surface area (Å²) in [5.41, 5.74) is 3.35. The standard InChI is InChI=1S/C46H66ClN5O5S/c1-31-9-7-10-35(25-49-19-20-50-21-22-51(28-38(50)27-49)44(54)57-45(3,4)5)39-15-12-36(39)26-52-29-46(18-8-11-33-23-37(47)14-16-40(33)46)30-56-42-17-13-34(24-41(42)52)43(53)48-58(6,55)32(31)2/h13-14,16-17,23-24,31-32,35-36,38-39H,6-12,15,18-22,25-30H2,1-5H3,(H,48,53,55)/t31-,32+,35+,36-,38+,39-,46-,58?/m0/s1. The molecule has 2 aromatic carbocycles. The first-order valence-corrected chi connectivity index (χ1v) is 24.2. The fraction of sp³-hybridized carbons (Fsp3) is 0.674. The third kappa shape index (κ3) is 8.75. The molecule has 58 heavy (non-hydrogen) atoms. The molecule has 2 aromatic rings. The lowest BCUT2D eigenvalue weighted by Gasteiger charge is -2.50. The third-order valence-corrected chi connectivity index (χ3v) is 17.1. The Morgan fingerprint density at radius 1 is 1.02 bits per heavy atom. The van der Waals surface area contributed by atoms with Crippen LogP contribution in [0, 0.1) is 23.7 Å². The summed E-state index contributed by atoms with van der Waals surface area (Å²) in [6.45, 7) is 18.6. The van der Waals surface area contributed by atoms with Crippen LogP contribution >= 0.6 is 11.6 Å². The Kier molecular flexibility index (Phi) is 11.8. The minimum Gasteiger partial charge on any atom is -0.490 e. The summed E-state index contributed by atoms with van der Waals surface area (Å²) in [6, 6.07) is 12.4. The molecule has 2 amide bonds. The maximum absolute atomic E-state index is 14.1. The van der Waals surface area contributed by atoms with Gasteiger partial charge in [0.25, 0.3) is 5.91 Å². The monoisotopic (exact) mass is 835 g/mol. The number of anilines is 1. The first-order valence-electron chi connectivity index (χ1n) is 22.0. The second-order valence-electron chi connectivity index (χ2n) is 19.7. The van der Waals surface area contributed by atoms with Gasteiger partial charge in [-0.25, -0.2) is 9.00 Å². The van der Waals surface area contributed by atoms with E-state index < -0.39 is 15.3 Å². The van der Waals surface area contributed by atoms with Gasteiger partial charge in [-0.15, -0.1) is 0 Å². The van der Waals surface area contributed by atoms with Gasteiger partial charge in [-0.3, -0.25) is 14.4 Å². The van der Waals surface area contributed by atoms with Crippen LogP contribution in [0.15, 0.2) is 36.4 Å². The number of ether oxygens (including phenoxy) is 2. The van der Waals surface area contributed by atoms with Crippen LogP contribution in [0.25, 0.3) is 0 Å². The highest BCUT2D eigenvalue weighted by Crippen LogP contribution is 2.48. The van der Waals surface area contributed by atoms with Crippen LogP contribution < -0.4 is 14.4 Å². The predicted octanol–water partition coefficient (Wildman–Crippen LogP) is 7.26. The Morgan fingerprint density at radius 3 is 2.60 bits per heavy atom. The third-order valence-electron chi connectivity index (χ3n) is 14.7. The van der Waals surface area contributed by atoms with Gasteiger partial charge in [0, 0.05) is 86.2 Å². The van der Waals surface area contributed by atoms with Gasteiger partial charge in [-0.1, -0.05) is 31.0 Å². The lowest BCUT2D eigenvalue weighted by atomic mass is 9.65. The lowest BCUT2D eigenvalue weighted by molar-refractivity contribution is -0.0225. The molecule has 2 bridgehead atoms. The Morgan fingerprint density at radius 2 is 1.83 bits per heavy atom. The van der Waals surface area contributed by atoms with E-state index in [1.807, 2.05) is 56.9 Å². The molecule has 318 valence electrons. The largest absolute Gasteiger partial charge is 0.490 e. The molecule has 2 saturated heterocycles. The van der Waals surface area contributed by atoms with Crippen LogP contribution in [-0.2, 0) is 26.3 Å². The van der Waals surface area contributed by atoms with Crippen molar-refractivity contribution < 1.29 is 23.3 Å². The summed E-state index contributed by atoms with van der Waals surface area (Å²) in [6.07, 6.45) is 8.39. The zero-order valence-electron chi connectivity index (χ0n) is 35.5. The number of aryl methyl sites for hydroxylation is 1. The quantitative estimate of drug-likeness (QED) is 0.316. The molecule has 2 aliphatic carbocycles. The van der Waals surface area contributed by atoms with Crippen molar-refractivity contribution in [2.45, 2.75) is 108 Å². The highest BCUT2D eigenvalue weighted by molar-refractivity contribution is 7.99. The number of nitrogens with zero attached hydrogens (tertiary/aromatic N) is 4. The maximum atomic E-state index is 14.1. The highest BCUT2D eigenvalue weighted by atomic mass is 35.5. The van der Waals surface area contributed by atoms with Gasteiger partial charge in [0.15, 0.2) is 0 Å². The SMILES string of the molecule is C=S1(=O)NC(=O)c2ccc3c(c2)N(C[C@@H]2CC[C@H]2[C@@H](CN2CCN4CCN(C(=O)OC(C)(C)C)C[C@H]4C2)CCC[C@H](C)[C@H]1C)C[C@@]1(CCCc2cc(Cl)ccc21)CO3. The van der Waals surface area contributed by atoms with Crippen LogP contribution in [-0.4, -0.2) is 119 Å². The molecular weight excluding hydrogens is 770 g/mol. The summed E-state index contributed by atoms with van der Waals surface area (Å²) < 4.78 is 29.5. The predicted molar refractivity (Wildman–Crippen MR) is 235 cm³/mol. The molecule has 12 heteroatoms. The second-order valence-corrected chi connectivity index (χ2v) is 22.5. The van der Waals surface area contributed by atoms with Crippen molar-refractivity contribution in [3.8, 4) is 5.75 Å². The molecule has 1 unspecified atom stereocenters. The van der Waals surface area contributed by atoms with Crippen LogP contribution in [0.3, 0.4) is 0 Å². The maximum Gasteiger partial charge on any atom is 0.410 e. The Balaban J connectivity index is 1.08. The molecule has 8 rings (SSSR count). The van der Waals surface area contributed by atoms with Gasteiger partial charge in [-0.2, -0.15) is 0 Å². The Hall–Kier alpha value is -2.99. The van der Waals surface area contributed by atoms with Crippen LogP contribution in [0.2, 0.25) is 5.02 Å². The van der Waals surface area contributed by atoms with Gasteiger partial charge in [-0.05, 0) is 144 Å². The molecule has 1 saturated carbocycles. The van der Waals surface area contributed by atoms with E-state index in [1.165, 1.54) is 24.0 Å². The number of carbonyl (C=O) groups excluding carboxylic acids is 2. The normalized spacial score (nSPS) is 33.7. The molecule has 6 aliphatic rings. The zero-order valence-corrected chi connectivity index (χ0v) is 37.1. The number of hydrogen-bond donors (Lipinski definition) is 1. The highest BCUT2D eigenvalue weighted by Gasteiger charge is 2.45. The molecule has 1 spiro atoms. The molecule has 1 N–H and O–H groups in total. The first kappa shape index (κ1) is 41.7. The molecule has 3 fully saturated rings. The van der Waals surface area contributed by atoms with Crippen molar-refractivity contribution >= 4 is 44.9 Å². The smallest absolute Gasteiger partial charge is 0.410 e. The van der Waals surface area contributed by atoms with Crippen LogP contribution in [0.4, 0.5) is 10.5 Å². The summed E-state index contributed by atoms with van der Waals surface area (Å²) in [4.78, 5) is 36.7. The average molecular weight is 837 g/mol. The van der Waals surface area contributed by atoms with Crippen molar-refractivity contribution in [3.63, 3.8) is 0 Å². The van der Waals surface area contributed by atoms with Gasteiger partial charge in [0.05, 0.1) is 22.0 Å². The van der Waals surface area contributed by atoms with Crippen LogP contribution in [0.5, 0.6) is 5.75 Å². The summed E-state index contributed by atoms with van der Waals surface area (Å²) in [5, 5.41) is 0.501. The van der Waals surface area contributed by atoms with E-state index in [1.54, 1.807) is 0 Å². The minimum absolute atomic E-state index is 0.140. The summed E-state index contributed by atoms with van der Waals surface area (Å²) in [5.74, 6) is 6.32. The first-order chi connectivity index (χ1) is 27.6. The van der Waals surface area contributed by atoms with Gasteiger partial charge in [0.1, 0.15) is 11.4 Å². The van der Waals surface area contributed by atoms with Crippen molar-refractivity contribution in [1.82, 2.24) is 19.4 Å². The van der Waals surface area contributed by atoms with E-state index in [0.717, 1.165) is 101 Å². The molecule has 0 aromatic heterocycles. The number of halogens is 1. The molecule has 10 nitrogen and oxygen atoms in total. The van der Waals surface area contributed by atoms with Crippen molar-refractivity contribution in [2.24, 2.45) is 23.7 Å². The Labute approximate surface area is 352 Å². The van der Waals surface area contributed by atoms with E-state index in [9.17, 15) is 13.8 Å². The van der Waals surface area contributed by atoms with E-state index in [-0.39, 0.29) is 28.6 Å². The molecule has 4 aliphatic heterocycles. The molecule has 8 atom stereocenters. The number of piperazine rings is 2. The number of nitrogens with one attached hydrogen (secondary N) is 1. The number of hydrogen-bond acceptors (Lipinski definition) is 8. The number of benzene rings is 2. The van der Waals surface area contributed by atoms with Gasteiger partial charge in [0.2, 0.25) is 0 Å². The molecule has 4 heterocycles. The molecular formula is C46H66ClN5O5S. The summed E-state index contributed by atoms with van der Waals surface area (Å²) >= 11 is 6.54. The van der Waals surface area contributed by atoms with E-state index in [0.29, 0.717) is 49.1 Å². The van der Waals surface area contributed by atoms with E-state index in [2.05, 4.69) is 44.3 Å². The molecule has 0 radical (unpaired) electrons. The second kappa shape index (κ2) is 16.5. The van der Waals surface area contributed by atoms with Crippen molar-refractivity contribution in [1.29, 1.82) is 0 Å². The summed E-state index contributed by atoms with van der Waals surface area (Å²) in [7, 11) is -2.92. The van der Waals surface area contributed by atoms with Crippen LogP contribution in [0.1, 0.15) is 101 Å². The van der Waals surface area contributed by atoms with E-state index >= 15 is 0 Å². The lowest BCUT2D eigenvalue weighted by Crippen LogP contribution is -2.63. The van der Waals surface area contributed by atoms with Gasteiger partial charge < -0.3 is 24.2 Å². The van der Waals surface area contributed by atoms with Crippen molar-refractivity contribution in [2.75, 3.05) is 70.4 Å². The fourth-order valence-electron chi connectivity index (χ4n) is 11.1. The van der Waals surface area contributed by atoms with Crippen molar-refractivity contribution in [3.05, 3.63) is 58.1 Å². The van der Waals surface area contributed by atoms with Gasteiger partial charge >= 0.3 is 6.09 Å². The fourth-order valence-corrected chi connectivity index (χ4v) is 12.8. The Bertz CT molecular complexity index is 1970. The number of rotatable bonds is 2. The number of amides is 2. The number of fused-ring (bicyclic) bond motifs is 5. The topological polar surface area (TPSA) is 94.7 Å². The van der Waals surface area contributed by atoms with E-state index in [4.69, 9.17) is 21.1 Å². The number of carbonyl (C=O) groups is 2. The minimum atomic E-state index is -2.92. The average Bonchev–Trinajstić information content (AvgIpc) is 3.31.